The second-order valence-electron chi connectivity index (χ2n) is 3.73. The van der Waals surface area contributed by atoms with Crippen molar-refractivity contribution in [2.45, 2.75) is 20.8 Å². The van der Waals surface area contributed by atoms with Gasteiger partial charge in [0, 0.05) is 14.1 Å². The van der Waals surface area contributed by atoms with Gasteiger partial charge >= 0.3 is 0 Å². The molecule has 1 aromatic carbocycles. The van der Waals surface area contributed by atoms with E-state index in [1.807, 2.05) is 21.0 Å². The maximum absolute atomic E-state index is 5.59. The van der Waals surface area contributed by atoms with Crippen molar-refractivity contribution in [3.63, 3.8) is 0 Å². The predicted molar refractivity (Wildman–Crippen MR) is 61.4 cm³/mol. The first-order valence-electron chi connectivity index (χ1n) is 4.97. The summed E-state index contributed by atoms with van der Waals surface area (Å²) in [6.07, 6.45) is 0. The Hall–Kier alpha value is -1.18. The number of benzene rings is 1. The van der Waals surface area contributed by atoms with Crippen molar-refractivity contribution >= 4 is 5.69 Å². The molecule has 0 atom stereocenters. The van der Waals surface area contributed by atoms with Gasteiger partial charge in [0.05, 0.1) is 12.3 Å². The Morgan fingerprint density at radius 2 is 1.71 bits per heavy atom. The van der Waals surface area contributed by atoms with Crippen LogP contribution >= 0.6 is 0 Å². The third-order valence-electron chi connectivity index (χ3n) is 2.36. The fourth-order valence-electron chi connectivity index (χ4n) is 1.40. The van der Waals surface area contributed by atoms with E-state index in [9.17, 15) is 0 Å². The van der Waals surface area contributed by atoms with Crippen LogP contribution in [0.25, 0.3) is 0 Å². The van der Waals surface area contributed by atoms with Gasteiger partial charge in [0.25, 0.3) is 0 Å². The predicted octanol–water partition coefficient (Wildman–Crippen LogP) is 2.77. The maximum Gasteiger partial charge on any atom is 0.142 e. The summed E-state index contributed by atoms with van der Waals surface area (Å²) in [5.41, 5.74) is 3.73. The lowest BCUT2D eigenvalue weighted by Gasteiger charge is -2.19. The SMILES string of the molecule is CCOc1cc(C)c(C)cc1N(C)C. The average Bonchev–Trinajstić information content (AvgIpc) is 2.11. The average molecular weight is 193 g/mol. The van der Waals surface area contributed by atoms with Gasteiger partial charge in [-0.3, -0.25) is 0 Å². The van der Waals surface area contributed by atoms with Gasteiger partial charge in [-0.25, -0.2) is 0 Å². The largest absolute Gasteiger partial charge is 0.492 e. The summed E-state index contributed by atoms with van der Waals surface area (Å²) in [7, 11) is 4.07. The van der Waals surface area contributed by atoms with E-state index in [0.29, 0.717) is 6.61 Å². The Labute approximate surface area is 86.5 Å². The van der Waals surface area contributed by atoms with Gasteiger partial charge in [0.1, 0.15) is 5.75 Å². The molecule has 0 N–H and O–H groups in total. The van der Waals surface area contributed by atoms with Gasteiger partial charge < -0.3 is 9.64 Å². The van der Waals surface area contributed by atoms with Crippen molar-refractivity contribution in [2.75, 3.05) is 25.6 Å². The van der Waals surface area contributed by atoms with Crippen LogP contribution in [0.3, 0.4) is 0 Å². The van der Waals surface area contributed by atoms with E-state index in [0.717, 1.165) is 11.4 Å². The summed E-state index contributed by atoms with van der Waals surface area (Å²) >= 11 is 0. The highest BCUT2D eigenvalue weighted by molar-refractivity contribution is 5.61. The standard InChI is InChI=1S/C12H19NO/c1-6-14-12-8-10(3)9(2)7-11(12)13(4)5/h7-8H,6H2,1-5H3. The van der Waals surface area contributed by atoms with Gasteiger partial charge in [-0.2, -0.15) is 0 Å². The molecule has 0 spiro atoms. The third kappa shape index (κ3) is 2.19. The van der Waals surface area contributed by atoms with E-state index in [1.54, 1.807) is 0 Å². The van der Waals surface area contributed by atoms with E-state index in [-0.39, 0.29) is 0 Å². The van der Waals surface area contributed by atoms with Gasteiger partial charge in [0.2, 0.25) is 0 Å². The molecule has 1 aromatic rings. The van der Waals surface area contributed by atoms with Crippen LogP contribution in [0.15, 0.2) is 12.1 Å². The smallest absolute Gasteiger partial charge is 0.142 e. The molecule has 0 aromatic heterocycles. The van der Waals surface area contributed by atoms with Gasteiger partial charge in [-0.05, 0) is 44.0 Å². The minimum atomic E-state index is 0.712. The van der Waals surface area contributed by atoms with Crippen LogP contribution in [-0.4, -0.2) is 20.7 Å². The second-order valence-corrected chi connectivity index (χ2v) is 3.73. The maximum atomic E-state index is 5.59. The van der Waals surface area contributed by atoms with Crippen molar-refractivity contribution in [1.29, 1.82) is 0 Å². The molecule has 0 amide bonds. The van der Waals surface area contributed by atoms with E-state index in [4.69, 9.17) is 4.74 Å². The molecule has 0 fully saturated rings. The molecular formula is C12H19NO. The van der Waals surface area contributed by atoms with Crippen LogP contribution in [0.5, 0.6) is 5.75 Å². The van der Waals surface area contributed by atoms with Crippen LogP contribution < -0.4 is 9.64 Å². The first kappa shape index (κ1) is 10.9. The Kier molecular flexibility index (Phi) is 3.39. The number of ether oxygens (including phenoxy) is 1. The second kappa shape index (κ2) is 4.36. The third-order valence-corrected chi connectivity index (χ3v) is 2.36. The van der Waals surface area contributed by atoms with E-state index < -0.39 is 0 Å². The Balaban J connectivity index is 3.17. The molecule has 78 valence electrons. The van der Waals surface area contributed by atoms with Crippen LogP contribution in [0.2, 0.25) is 0 Å². The highest BCUT2D eigenvalue weighted by atomic mass is 16.5. The lowest BCUT2D eigenvalue weighted by molar-refractivity contribution is 0.340. The number of hydrogen-bond donors (Lipinski definition) is 0. The minimum absolute atomic E-state index is 0.712. The quantitative estimate of drug-likeness (QED) is 0.732. The molecule has 2 heteroatoms. The van der Waals surface area contributed by atoms with Crippen molar-refractivity contribution in [2.24, 2.45) is 0 Å². The van der Waals surface area contributed by atoms with Gasteiger partial charge in [-0.1, -0.05) is 0 Å². The molecule has 0 aliphatic heterocycles. The minimum Gasteiger partial charge on any atom is -0.492 e. The van der Waals surface area contributed by atoms with Crippen molar-refractivity contribution in [3.8, 4) is 5.75 Å². The first-order chi connectivity index (χ1) is 6.56. The first-order valence-corrected chi connectivity index (χ1v) is 4.97. The van der Waals surface area contributed by atoms with Crippen LogP contribution in [0.1, 0.15) is 18.1 Å². The van der Waals surface area contributed by atoms with Crippen LogP contribution in [0.4, 0.5) is 5.69 Å². The molecule has 0 radical (unpaired) electrons. The zero-order valence-corrected chi connectivity index (χ0v) is 9.72. The zero-order chi connectivity index (χ0) is 10.7. The lowest BCUT2D eigenvalue weighted by atomic mass is 10.1. The summed E-state index contributed by atoms with van der Waals surface area (Å²) < 4.78 is 5.59. The fraction of sp³-hybridized carbons (Fsp3) is 0.500. The normalized spacial score (nSPS) is 10.1. The molecule has 0 aliphatic carbocycles. The Bertz CT molecular complexity index is 318. The molecule has 0 heterocycles. The number of aryl methyl sites for hydroxylation is 2. The number of anilines is 1. The lowest BCUT2D eigenvalue weighted by Crippen LogP contribution is -2.11. The monoisotopic (exact) mass is 193 g/mol. The number of nitrogens with zero attached hydrogens (tertiary/aromatic N) is 1. The van der Waals surface area contributed by atoms with Crippen LogP contribution in [0, 0.1) is 13.8 Å². The summed E-state index contributed by atoms with van der Waals surface area (Å²) in [6.45, 7) is 6.95. The molecule has 0 unspecified atom stereocenters. The van der Waals surface area contributed by atoms with Gasteiger partial charge in [0.15, 0.2) is 0 Å². The van der Waals surface area contributed by atoms with Crippen LogP contribution in [-0.2, 0) is 0 Å². The topological polar surface area (TPSA) is 12.5 Å². The zero-order valence-electron chi connectivity index (χ0n) is 9.72. The summed E-state index contributed by atoms with van der Waals surface area (Å²) in [5, 5.41) is 0. The van der Waals surface area contributed by atoms with E-state index in [1.165, 1.54) is 11.1 Å². The Morgan fingerprint density at radius 1 is 1.14 bits per heavy atom. The molecule has 2 nitrogen and oxygen atoms in total. The molecule has 14 heavy (non-hydrogen) atoms. The summed E-state index contributed by atoms with van der Waals surface area (Å²) in [5.74, 6) is 0.973. The molecule has 0 saturated heterocycles. The highest BCUT2D eigenvalue weighted by Crippen LogP contribution is 2.30. The van der Waals surface area contributed by atoms with E-state index >= 15 is 0 Å². The molecule has 0 aliphatic rings. The molecule has 1 rings (SSSR count). The van der Waals surface area contributed by atoms with Crippen molar-refractivity contribution in [1.82, 2.24) is 0 Å². The van der Waals surface area contributed by atoms with E-state index in [2.05, 4.69) is 30.9 Å². The summed E-state index contributed by atoms with van der Waals surface area (Å²) in [6, 6.07) is 4.27. The fourth-order valence-corrected chi connectivity index (χ4v) is 1.40. The summed E-state index contributed by atoms with van der Waals surface area (Å²) in [4.78, 5) is 2.08. The van der Waals surface area contributed by atoms with Crippen molar-refractivity contribution in [3.05, 3.63) is 23.3 Å². The Morgan fingerprint density at radius 3 is 2.21 bits per heavy atom. The number of rotatable bonds is 3. The molecular weight excluding hydrogens is 174 g/mol. The molecule has 0 saturated carbocycles. The van der Waals surface area contributed by atoms with Gasteiger partial charge in [-0.15, -0.1) is 0 Å². The number of hydrogen-bond acceptors (Lipinski definition) is 2. The molecule has 0 bridgehead atoms. The highest BCUT2D eigenvalue weighted by Gasteiger charge is 2.07. The van der Waals surface area contributed by atoms with Crippen molar-refractivity contribution < 1.29 is 4.74 Å².